The summed E-state index contributed by atoms with van der Waals surface area (Å²) in [4.78, 5) is 26.3. The Morgan fingerprint density at radius 3 is 2.91 bits per heavy atom. The molecule has 5 nitrogen and oxygen atoms in total. The van der Waals surface area contributed by atoms with Crippen LogP contribution in [0.3, 0.4) is 0 Å². The molecule has 5 heteroatoms. The molecule has 0 radical (unpaired) electrons. The lowest BCUT2D eigenvalue weighted by Crippen LogP contribution is -2.12. The van der Waals surface area contributed by atoms with Crippen molar-refractivity contribution in [1.29, 1.82) is 0 Å². The van der Waals surface area contributed by atoms with Crippen LogP contribution >= 0.6 is 0 Å². The molecule has 3 heterocycles. The molecule has 0 amide bonds. The average molecular weight is 302 g/mol. The predicted octanol–water partition coefficient (Wildman–Crippen LogP) is 2.59. The van der Waals surface area contributed by atoms with E-state index in [-0.39, 0.29) is 5.56 Å². The van der Waals surface area contributed by atoms with Crippen LogP contribution < -0.4 is 5.56 Å². The average Bonchev–Trinajstić information content (AvgIpc) is 2.82. The van der Waals surface area contributed by atoms with Crippen LogP contribution in [0.1, 0.15) is 23.2 Å². The predicted molar refractivity (Wildman–Crippen MR) is 88.8 cm³/mol. The van der Waals surface area contributed by atoms with Gasteiger partial charge in [-0.1, -0.05) is 12.1 Å². The summed E-state index contributed by atoms with van der Waals surface area (Å²) in [6, 6.07) is 6.29. The molecule has 4 aromatic rings. The van der Waals surface area contributed by atoms with Crippen molar-refractivity contribution in [3.8, 4) is 0 Å². The molecular formula is C18H14N4O. The molecule has 0 saturated carbocycles. The van der Waals surface area contributed by atoms with Crippen LogP contribution in [0.4, 0.5) is 0 Å². The number of rotatable bonds is 0. The number of aryl methyl sites for hydroxylation is 3. The second kappa shape index (κ2) is 4.35. The first-order valence-corrected chi connectivity index (χ1v) is 7.81. The smallest absolute Gasteiger partial charge is 0.273 e. The highest BCUT2D eigenvalue weighted by molar-refractivity contribution is 5.94. The number of hydrogen-bond acceptors (Lipinski definition) is 4. The highest BCUT2D eigenvalue weighted by Gasteiger charge is 2.22. The number of aromatic nitrogens is 4. The number of nitrogens with zero attached hydrogens (tertiary/aromatic N) is 4. The van der Waals surface area contributed by atoms with Gasteiger partial charge in [0.25, 0.3) is 5.56 Å². The Morgan fingerprint density at radius 1 is 1.13 bits per heavy atom. The van der Waals surface area contributed by atoms with Gasteiger partial charge in [0.15, 0.2) is 11.2 Å². The first-order valence-electron chi connectivity index (χ1n) is 7.81. The Morgan fingerprint density at radius 2 is 2.00 bits per heavy atom. The molecule has 0 N–H and O–H groups in total. The SMILES string of the molecule is Cc1ccc2c3c4c(nc5nccnc5c(=O)n4c2c1)CCC3. The second-order valence-electron chi connectivity index (χ2n) is 6.13. The van der Waals surface area contributed by atoms with Crippen LogP contribution in [0.2, 0.25) is 0 Å². The van der Waals surface area contributed by atoms with Crippen LogP contribution in [-0.2, 0) is 12.8 Å². The summed E-state index contributed by atoms with van der Waals surface area (Å²) in [6.07, 6.45) is 6.02. The molecule has 1 aliphatic carbocycles. The van der Waals surface area contributed by atoms with Gasteiger partial charge in [-0.3, -0.25) is 9.20 Å². The first kappa shape index (κ1) is 12.7. The van der Waals surface area contributed by atoms with Crippen molar-refractivity contribution >= 4 is 27.6 Å². The van der Waals surface area contributed by atoms with Crippen molar-refractivity contribution < 1.29 is 0 Å². The number of benzene rings is 1. The zero-order chi connectivity index (χ0) is 15.6. The third-order valence-electron chi connectivity index (χ3n) is 4.67. The largest absolute Gasteiger partial charge is 0.285 e. The lowest BCUT2D eigenvalue weighted by molar-refractivity contribution is 0.788. The van der Waals surface area contributed by atoms with Gasteiger partial charge >= 0.3 is 0 Å². The Kier molecular flexibility index (Phi) is 2.40. The van der Waals surface area contributed by atoms with Crippen LogP contribution in [-0.4, -0.2) is 19.4 Å². The molecule has 23 heavy (non-hydrogen) atoms. The third-order valence-corrected chi connectivity index (χ3v) is 4.67. The van der Waals surface area contributed by atoms with Gasteiger partial charge in [-0.15, -0.1) is 0 Å². The van der Waals surface area contributed by atoms with E-state index in [0.717, 1.165) is 46.9 Å². The summed E-state index contributed by atoms with van der Waals surface area (Å²) in [5, 5.41) is 1.15. The number of fused-ring (bicyclic) bond motifs is 4. The van der Waals surface area contributed by atoms with Crippen molar-refractivity contribution in [2.45, 2.75) is 26.2 Å². The standard InChI is InChI=1S/C18H14N4O/c1-10-5-6-11-12-3-2-4-13-16(12)22(14(11)9-10)18(23)15-17(21-13)20-8-7-19-15/h5-9H,2-4H2,1H3. The van der Waals surface area contributed by atoms with Crippen molar-refractivity contribution in [2.24, 2.45) is 0 Å². The monoisotopic (exact) mass is 302 g/mol. The molecule has 0 fully saturated rings. The summed E-state index contributed by atoms with van der Waals surface area (Å²) in [6.45, 7) is 2.04. The van der Waals surface area contributed by atoms with E-state index in [1.54, 1.807) is 16.8 Å². The van der Waals surface area contributed by atoms with E-state index >= 15 is 0 Å². The van der Waals surface area contributed by atoms with Crippen molar-refractivity contribution in [3.63, 3.8) is 0 Å². The Labute approximate surface area is 131 Å². The highest BCUT2D eigenvalue weighted by Crippen LogP contribution is 2.32. The third kappa shape index (κ3) is 1.62. The Balaban J connectivity index is 2.20. The lowest BCUT2D eigenvalue weighted by atomic mass is 9.97. The Bertz CT molecular complexity index is 1180. The van der Waals surface area contributed by atoms with E-state index < -0.39 is 0 Å². The van der Waals surface area contributed by atoms with Crippen LogP contribution in [0.5, 0.6) is 0 Å². The van der Waals surface area contributed by atoms with E-state index in [4.69, 9.17) is 0 Å². The van der Waals surface area contributed by atoms with Crippen LogP contribution in [0.25, 0.3) is 27.6 Å². The van der Waals surface area contributed by atoms with E-state index in [0.29, 0.717) is 11.2 Å². The number of hydrogen-bond donors (Lipinski definition) is 0. The fraction of sp³-hybridized carbons (Fsp3) is 0.222. The van der Waals surface area contributed by atoms with E-state index in [2.05, 4.69) is 33.2 Å². The lowest BCUT2D eigenvalue weighted by Gasteiger charge is -2.09. The van der Waals surface area contributed by atoms with Gasteiger partial charge in [-0.2, -0.15) is 0 Å². The maximum Gasteiger partial charge on any atom is 0.285 e. The molecule has 5 rings (SSSR count). The summed E-state index contributed by atoms with van der Waals surface area (Å²) in [7, 11) is 0. The molecule has 0 unspecified atom stereocenters. The minimum Gasteiger partial charge on any atom is -0.273 e. The molecule has 1 aromatic carbocycles. The molecule has 0 saturated heterocycles. The van der Waals surface area contributed by atoms with E-state index in [1.165, 1.54) is 5.56 Å². The zero-order valence-electron chi connectivity index (χ0n) is 12.7. The van der Waals surface area contributed by atoms with E-state index in [1.807, 2.05) is 6.92 Å². The van der Waals surface area contributed by atoms with Gasteiger partial charge in [-0.05, 0) is 43.4 Å². The van der Waals surface area contributed by atoms with E-state index in [9.17, 15) is 4.79 Å². The van der Waals surface area contributed by atoms with Gasteiger partial charge in [-0.25, -0.2) is 15.0 Å². The van der Waals surface area contributed by atoms with Crippen LogP contribution in [0, 0.1) is 6.92 Å². The molecule has 0 aliphatic heterocycles. The topological polar surface area (TPSA) is 60.2 Å². The molecule has 3 aromatic heterocycles. The summed E-state index contributed by atoms with van der Waals surface area (Å²) in [5.74, 6) is 0. The molecule has 0 spiro atoms. The van der Waals surface area contributed by atoms with Crippen molar-refractivity contribution in [2.75, 3.05) is 0 Å². The fourth-order valence-electron chi connectivity index (χ4n) is 3.69. The molecule has 0 atom stereocenters. The quantitative estimate of drug-likeness (QED) is 0.501. The van der Waals surface area contributed by atoms with Crippen LogP contribution in [0.15, 0.2) is 35.4 Å². The summed E-state index contributed by atoms with van der Waals surface area (Å²) < 4.78 is 1.80. The summed E-state index contributed by atoms with van der Waals surface area (Å²) >= 11 is 0. The molecule has 0 bridgehead atoms. The van der Waals surface area contributed by atoms with Gasteiger partial charge in [0.2, 0.25) is 0 Å². The first-order chi connectivity index (χ1) is 11.2. The van der Waals surface area contributed by atoms with Gasteiger partial charge in [0, 0.05) is 17.8 Å². The molecule has 112 valence electrons. The normalized spacial score (nSPS) is 14.0. The van der Waals surface area contributed by atoms with Gasteiger partial charge in [0.05, 0.1) is 16.7 Å². The Hall–Kier alpha value is -2.82. The maximum absolute atomic E-state index is 13.1. The molecule has 1 aliphatic rings. The minimum absolute atomic E-state index is 0.134. The fourth-order valence-corrected chi connectivity index (χ4v) is 3.69. The zero-order valence-corrected chi connectivity index (χ0v) is 12.7. The summed E-state index contributed by atoms with van der Waals surface area (Å²) in [5.41, 5.74) is 5.86. The minimum atomic E-state index is -0.134. The second-order valence-corrected chi connectivity index (χ2v) is 6.13. The van der Waals surface area contributed by atoms with Gasteiger partial charge < -0.3 is 0 Å². The highest BCUT2D eigenvalue weighted by atomic mass is 16.1. The van der Waals surface area contributed by atoms with Crippen molar-refractivity contribution in [1.82, 2.24) is 19.4 Å². The molecular weight excluding hydrogens is 288 g/mol. The van der Waals surface area contributed by atoms with Crippen molar-refractivity contribution in [3.05, 3.63) is 57.8 Å². The van der Waals surface area contributed by atoms with Gasteiger partial charge in [0.1, 0.15) is 0 Å². The maximum atomic E-state index is 13.1.